The second-order valence-electron chi connectivity index (χ2n) is 7.01. The molecule has 2 aromatic carbocycles. The van der Waals surface area contributed by atoms with Crippen molar-refractivity contribution in [1.82, 2.24) is 4.98 Å². The van der Waals surface area contributed by atoms with Gasteiger partial charge in [-0.2, -0.15) is 0 Å². The third kappa shape index (κ3) is 3.84. The number of aromatic nitrogens is 1. The first kappa shape index (κ1) is 20.2. The van der Waals surface area contributed by atoms with Gasteiger partial charge in [0.15, 0.2) is 0 Å². The number of pyridine rings is 1. The van der Waals surface area contributed by atoms with Crippen molar-refractivity contribution < 1.29 is 9.53 Å². The number of fused-ring (bicyclic) bond motifs is 1. The Labute approximate surface area is 183 Å². The van der Waals surface area contributed by atoms with Crippen LogP contribution in [0.15, 0.2) is 48.5 Å². The van der Waals surface area contributed by atoms with Crippen LogP contribution in [-0.2, 0) is 0 Å². The number of amides is 1. The summed E-state index contributed by atoms with van der Waals surface area (Å²) in [6.07, 6.45) is 0. The van der Waals surface area contributed by atoms with Crippen LogP contribution in [-0.4, -0.2) is 10.9 Å². The molecule has 2 heterocycles. The number of nitrogens with zero attached hydrogens (tertiary/aromatic N) is 1. The van der Waals surface area contributed by atoms with Crippen LogP contribution in [0.5, 0.6) is 11.5 Å². The summed E-state index contributed by atoms with van der Waals surface area (Å²) < 4.78 is 5.77. The first-order chi connectivity index (χ1) is 14.3. The Bertz CT molecular complexity index is 1250. The number of halogens is 1. The number of ether oxygens (including phenoxy) is 1. The molecule has 0 unspecified atom stereocenters. The summed E-state index contributed by atoms with van der Waals surface area (Å²) in [5.74, 6) is 1.08. The second-order valence-corrected chi connectivity index (χ2v) is 8.44. The molecule has 5 nitrogen and oxygen atoms in total. The first-order valence-corrected chi connectivity index (χ1v) is 10.5. The van der Waals surface area contributed by atoms with Crippen LogP contribution in [0.4, 0.5) is 11.4 Å². The number of hydrogen-bond acceptors (Lipinski definition) is 5. The van der Waals surface area contributed by atoms with E-state index in [0.717, 1.165) is 27.0 Å². The zero-order valence-corrected chi connectivity index (χ0v) is 18.3. The average molecular weight is 438 g/mol. The highest BCUT2D eigenvalue weighted by atomic mass is 35.5. The van der Waals surface area contributed by atoms with Gasteiger partial charge in [0.1, 0.15) is 21.2 Å². The van der Waals surface area contributed by atoms with E-state index < -0.39 is 0 Å². The van der Waals surface area contributed by atoms with Crippen molar-refractivity contribution in [3.63, 3.8) is 0 Å². The Morgan fingerprint density at radius 1 is 1.00 bits per heavy atom. The Morgan fingerprint density at radius 3 is 2.23 bits per heavy atom. The fourth-order valence-electron chi connectivity index (χ4n) is 3.17. The quantitative estimate of drug-likeness (QED) is 0.382. The summed E-state index contributed by atoms with van der Waals surface area (Å²) in [7, 11) is 0. The lowest BCUT2D eigenvalue weighted by molar-refractivity contribution is 0.103. The Balaban J connectivity index is 1.53. The predicted molar refractivity (Wildman–Crippen MR) is 124 cm³/mol. The fraction of sp³-hybridized carbons (Fsp3) is 0.130. The maximum atomic E-state index is 12.8. The molecule has 2 aromatic heterocycles. The lowest BCUT2D eigenvalue weighted by Gasteiger charge is -2.08. The van der Waals surface area contributed by atoms with Crippen LogP contribution in [0.3, 0.4) is 0 Å². The molecular weight excluding hydrogens is 418 g/mol. The maximum Gasteiger partial charge on any atom is 0.267 e. The van der Waals surface area contributed by atoms with Gasteiger partial charge in [-0.3, -0.25) is 4.79 Å². The van der Waals surface area contributed by atoms with Gasteiger partial charge < -0.3 is 15.8 Å². The van der Waals surface area contributed by atoms with E-state index >= 15 is 0 Å². The van der Waals surface area contributed by atoms with Crippen LogP contribution in [0.1, 0.15) is 26.5 Å². The number of rotatable bonds is 4. The molecule has 0 aliphatic rings. The highest BCUT2D eigenvalue weighted by Gasteiger charge is 2.20. The minimum absolute atomic E-state index is 0.253. The van der Waals surface area contributed by atoms with E-state index in [1.807, 2.05) is 20.8 Å². The van der Waals surface area contributed by atoms with Crippen molar-refractivity contribution >= 4 is 50.4 Å². The van der Waals surface area contributed by atoms with Gasteiger partial charge in [-0.1, -0.05) is 11.6 Å². The molecule has 0 fully saturated rings. The van der Waals surface area contributed by atoms with Crippen LogP contribution < -0.4 is 15.8 Å². The largest absolute Gasteiger partial charge is 0.457 e. The molecule has 3 N–H and O–H groups in total. The Morgan fingerprint density at radius 2 is 1.60 bits per heavy atom. The number of carbonyl (C=O) groups is 1. The number of nitrogens with one attached hydrogen (secondary N) is 1. The fourth-order valence-corrected chi connectivity index (χ4v) is 4.39. The summed E-state index contributed by atoms with van der Waals surface area (Å²) >= 11 is 7.20. The molecule has 7 heteroatoms. The number of carbonyl (C=O) groups excluding carboxylic acids is 1. The van der Waals surface area contributed by atoms with Gasteiger partial charge in [-0.15, -0.1) is 11.3 Å². The molecule has 0 saturated carbocycles. The van der Waals surface area contributed by atoms with Gasteiger partial charge >= 0.3 is 0 Å². The van der Waals surface area contributed by atoms with E-state index in [4.69, 9.17) is 22.1 Å². The number of hydrogen-bond donors (Lipinski definition) is 2. The van der Waals surface area contributed by atoms with Crippen LogP contribution in [0, 0.1) is 20.8 Å². The Hall–Kier alpha value is -3.09. The van der Waals surface area contributed by atoms with Crippen molar-refractivity contribution in [2.75, 3.05) is 11.1 Å². The van der Waals surface area contributed by atoms with E-state index in [1.54, 1.807) is 48.5 Å². The SMILES string of the molecule is Cc1nc2sc(C(=O)Nc3ccc(Oc4ccc(Cl)cc4)cc3)c(N)c2c(C)c1C. The molecule has 0 bridgehead atoms. The molecule has 0 aliphatic carbocycles. The van der Waals surface area contributed by atoms with Gasteiger partial charge in [-0.25, -0.2) is 4.98 Å². The molecule has 4 aromatic rings. The molecule has 0 spiro atoms. The molecule has 0 aliphatic heterocycles. The molecule has 1 amide bonds. The minimum atomic E-state index is -0.253. The number of nitrogen functional groups attached to an aromatic ring is 1. The highest BCUT2D eigenvalue weighted by molar-refractivity contribution is 7.21. The zero-order valence-electron chi connectivity index (χ0n) is 16.7. The molecule has 152 valence electrons. The van der Waals surface area contributed by atoms with Gasteiger partial charge in [0.2, 0.25) is 0 Å². The third-order valence-electron chi connectivity index (χ3n) is 5.04. The van der Waals surface area contributed by atoms with Gasteiger partial charge in [0.05, 0.1) is 5.69 Å². The summed E-state index contributed by atoms with van der Waals surface area (Å²) in [6.45, 7) is 5.99. The maximum absolute atomic E-state index is 12.8. The van der Waals surface area contributed by atoms with E-state index in [2.05, 4.69) is 10.3 Å². The van der Waals surface area contributed by atoms with Gasteiger partial charge in [-0.05, 0) is 80.4 Å². The highest BCUT2D eigenvalue weighted by Crippen LogP contribution is 2.37. The monoisotopic (exact) mass is 437 g/mol. The predicted octanol–water partition coefficient (Wildman–Crippen LogP) is 6.50. The van der Waals surface area contributed by atoms with Crippen molar-refractivity contribution in [1.29, 1.82) is 0 Å². The van der Waals surface area contributed by atoms with Crippen LogP contribution in [0.2, 0.25) is 5.02 Å². The number of aryl methyl sites for hydroxylation is 2. The van der Waals surface area contributed by atoms with E-state index in [1.165, 1.54) is 11.3 Å². The second kappa shape index (κ2) is 7.97. The van der Waals surface area contributed by atoms with Crippen molar-refractivity contribution in [3.05, 3.63) is 75.3 Å². The Kier molecular flexibility index (Phi) is 5.37. The number of thiophene rings is 1. The smallest absolute Gasteiger partial charge is 0.267 e. The summed E-state index contributed by atoms with van der Waals surface area (Å²) in [5.41, 5.74) is 10.5. The van der Waals surface area contributed by atoms with Crippen molar-refractivity contribution in [2.24, 2.45) is 0 Å². The molecule has 30 heavy (non-hydrogen) atoms. The minimum Gasteiger partial charge on any atom is -0.457 e. The van der Waals surface area contributed by atoms with Gasteiger partial charge in [0.25, 0.3) is 5.91 Å². The normalized spacial score (nSPS) is 10.9. The standard InChI is InChI=1S/C23H20ClN3O2S/c1-12-13(2)19-20(25)21(30-23(19)26-14(12)3)22(28)27-16-6-10-18(11-7-16)29-17-8-4-15(24)5-9-17/h4-11H,25H2,1-3H3,(H,27,28). The third-order valence-corrected chi connectivity index (χ3v) is 6.39. The lowest BCUT2D eigenvalue weighted by Crippen LogP contribution is -2.11. The van der Waals surface area contributed by atoms with E-state index in [9.17, 15) is 4.79 Å². The van der Waals surface area contributed by atoms with E-state index in [0.29, 0.717) is 32.8 Å². The topological polar surface area (TPSA) is 77.2 Å². The average Bonchev–Trinajstić information content (AvgIpc) is 3.05. The molecule has 4 rings (SSSR count). The number of benzene rings is 2. The molecule has 0 radical (unpaired) electrons. The molecule has 0 atom stereocenters. The molecule has 0 saturated heterocycles. The van der Waals surface area contributed by atoms with E-state index in [-0.39, 0.29) is 5.91 Å². The first-order valence-electron chi connectivity index (χ1n) is 9.34. The summed E-state index contributed by atoms with van der Waals surface area (Å²) in [6, 6.07) is 14.3. The number of nitrogens with two attached hydrogens (primary N) is 1. The molecular formula is C23H20ClN3O2S. The van der Waals surface area contributed by atoms with Gasteiger partial charge in [0, 0.05) is 21.8 Å². The number of anilines is 2. The van der Waals surface area contributed by atoms with Crippen LogP contribution >= 0.6 is 22.9 Å². The summed E-state index contributed by atoms with van der Waals surface area (Å²) in [5, 5.41) is 4.41. The zero-order chi connectivity index (χ0) is 21.4. The van der Waals surface area contributed by atoms with Crippen molar-refractivity contribution in [2.45, 2.75) is 20.8 Å². The van der Waals surface area contributed by atoms with Crippen molar-refractivity contribution in [3.8, 4) is 11.5 Å². The summed E-state index contributed by atoms with van der Waals surface area (Å²) in [4.78, 5) is 18.7. The lowest BCUT2D eigenvalue weighted by atomic mass is 10.1. The van der Waals surface area contributed by atoms with Crippen LogP contribution in [0.25, 0.3) is 10.2 Å².